The second-order valence-corrected chi connectivity index (χ2v) is 5.45. The molecule has 104 valence electrons. The van der Waals surface area contributed by atoms with Crippen molar-refractivity contribution >= 4 is 12.1 Å². The average molecular weight is 262 g/mol. The van der Waals surface area contributed by atoms with Gasteiger partial charge in [0.25, 0.3) is 0 Å². The number of carbonyl (C=O) groups excluding carboxylic acids is 1. The smallest absolute Gasteiger partial charge is 0.410 e. The third-order valence-electron chi connectivity index (χ3n) is 2.76. The van der Waals surface area contributed by atoms with Gasteiger partial charge in [-0.25, -0.2) is 14.0 Å². The Morgan fingerprint density at radius 3 is 2.44 bits per heavy atom. The zero-order chi connectivity index (χ0) is 14.1. The van der Waals surface area contributed by atoms with Crippen LogP contribution in [0.1, 0.15) is 27.2 Å². The molecule has 1 heterocycles. The molecule has 1 rings (SSSR count). The summed E-state index contributed by atoms with van der Waals surface area (Å²) < 4.78 is 19.1. The molecule has 1 saturated heterocycles. The molecule has 3 N–H and O–H groups in total. The Kier molecular flexibility index (Phi) is 3.85. The fourth-order valence-electron chi connectivity index (χ4n) is 1.71. The summed E-state index contributed by atoms with van der Waals surface area (Å²) in [4.78, 5) is 23.8. The standard InChI is InChI=1S/C11H19FN2O4/c1-10(2,3)18-9(17)14-5-4-11(12,8(15)16)7(13)6-14/h7H,4-6,13H2,1-3H3,(H,15,16). The van der Waals surface area contributed by atoms with Crippen molar-refractivity contribution in [3.63, 3.8) is 0 Å². The summed E-state index contributed by atoms with van der Waals surface area (Å²) in [7, 11) is 0. The number of piperidine rings is 1. The first-order chi connectivity index (χ1) is 8.06. The number of nitrogens with zero attached hydrogens (tertiary/aromatic N) is 1. The summed E-state index contributed by atoms with van der Waals surface area (Å²) in [6.45, 7) is 4.95. The van der Waals surface area contributed by atoms with E-state index >= 15 is 0 Å². The van der Waals surface area contributed by atoms with Crippen molar-refractivity contribution in [1.82, 2.24) is 4.90 Å². The van der Waals surface area contributed by atoms with Gasteiger partial charge in [0, 0.05) is 19.5 Å². The van der Waals surface area contributed by atoms with Crippen LogP contribution in [0.15, 0.2) is 0 Å². The van der Waals surface area contributed by atoms with Gasteiger partial charge in [-0.2, -0.15) is 0 Å². The number of carbonyl (C=O) groups is 2. The summed E-state index contributed by atoms with van der Waals surface area (Å²) in [5.74, 6) is -1.58. The molecule has 0 aromatic carbocycles. The van der Waals surface area contributed by atoms with E-state index in [1.165, 1.54) is 4.90 Å². The lowest BCUT2D eigenvalue weighted by atomic mass is 9.89. The number of carboxylic acid groups (broad SMARTS) is 1. The SMILES string of the molecule is CC(C)(C)OC(=O)N1CCC(F)(C(=O)O)C(N)C1. The van der Waals surface area contributed by atoms with Crippen LogP contribution in [0.4, 0.5) is 9.18 Å². The number of hydrogen-bond donors (Lipinski definition) is 2. The number of amides is 1. The van der Waals surface area contributed by atoms with Crippen LogP contribution in [0.25, 0.3) is 0 Å². The minimum Gasteiger partial charge on any atom is -0.479 e. The van der Waals surface area contributed by atoms with E-state index in [9.17, 15) is 14.0 Å². The van der Waals surface area contributed by atoms with Crippen molar-refractivity contribution in [3.05, 3.63) is 0 Å². The number of ether oxygens (including phenoxy) is 1. The Balaban J connectivity index is 2.67. The second-order valence-electron chi connectivity index (χ2n) is 5.45. The molecule has 0 radical (unpaired) electrons. The lowest BCUT2D eigenvalue weighted by molar-refractivity contribution is -0.155. The Morgan fingerprint density at radius 1 is 1.50 bits per heavy atom. The highest BCUT2D eigenvalue weighted by atomic mass is 19.1. The lowest BCUT2D eigenvalue weighted by Gasteiger charge is -2.38. The van der Waals surface area contributed by atoms with Crippen molar-refractivity contribution in [2.75, 3.05) is 13.1 Å². The molecule has 1 aliphatic rings. The maximum atomic E-state index is 14.0. The first kappa shape index (κ1) is 14.7. The van der Waals surface area contributed by atoms with Crippen LogP contribution in [-0.2, 0) is 9.53 Å². The Morgan fingerprint density at radius 2 is 2.06 bits per heavy atom. The van der Waals surface area contributed by atoms with Gasteiger partial charge in [-0.3, -0.25) is 0 Å². The number of rotatable bonds is 1. The molecule has 6 nitrogen and oxygen atoms in total. The third-order valence-corrected chi connectivity index (χ3v) is 2.76. The molecular weight excluding hydrogens is 243 g/mol. The maximum Gasteiger partial charge on any atom is 0.410 e. The highest BCUT2D eigenvalue weighted by molar-refractivity contribution is 5.79. The first-order valence-corrected chi connectivity index (χ1v) is 5.72. The van der Waals surface area contributed by atoms with E-state index in [1.54, 1.807) is 20.8 Å². The minimum absolute atomic E-state index is 0.0224. The predicted molar refractivity (Wildman–Crippen MR) is 61.9 cm³/mol. The quantitative estimate of drug-likeness (QED) is 0.727. The number of alkyl halides is 1. The Bertz CT molecular complexity index is 355. The van der Waals surface area contributed by atoms with Gasteiger partial charge in [-0.05, 0) is 20.8 Å². The highest BCUT2D eigenvalue weighted by Gasteiger charge is 2.49. The summed E-state index contributed by atoms with van der Waals surface area (Å²) in [6.07, 6.45) is -0.937. The average Bonchev–Trinajstić information content (AvgIpc) is 2.19. The fourth-order valence-corrected chi connectivity index (χ4v) is 1.71. The van der Waals surface area contributed by atoms with Gasteiger partial charge in [0.05, 0.1) is 6.04 Å². The van der Waals surface area contributed by atoms with E-state index in [4.69, 9.17) is 15.6 Å². The van der Waals surface area contributed by atoms with Gasteiger partial charge in [0.2, 0.25) is 5.67 Å². The highest BCUT2D eigenvalue weighted by Crippen LogP contribution is 2.27. The molecule has 1 aliphatic heterocycles. The van der Waals surface area contributed by atoms with E-state index in [0.717, 1.165) is 0 Å². The number of aliphatic carboxylic acids is 1. The molecule has 0 aliphatic carbocycles. The molecule has 2 atom stereocenters. The number of halogens is 1. The zero-order valence-electron chi connectivity index (χ0n) is 10.8. The van der Waals surface area contributed by atoms with Gasteiger partial charge in [-0.1, -0.05) is 0 Å². The van der Waals surface area contributed by atoms with Crippen LogP contribution in [0.5, 0.6) is 0 Å². The monoisotopic (exact) mass is 262 g/mol. The summed E-state index contributed by atoms with van der Waals surface area (Å²) in [6, 6.07) is -1.25. The summed E-state index contributed by atoms with van der Waals surface area (Å²) in [5, 5.41) is 8.79. The van der Waals surface area contributed by atoms with Gasteiger partial charge in [0.15, 0.2) is 0 Å². The normalized spacial score (nSPS) is 28.9. The van der Waals surface area contributed by atoms with Crippen molar-refractivity contribution in [1.29, 1.82) is 0 Å². The number of likely N-dealkylation sites (tertiary alicyclic amines) is 1. The first-order valence-electron chi connectivity index (χ1n) is 5.72. The molecule has 1 fully saturated rings. The maximum absolute atomic E-state index is 14.0. The van der Waals surface area contributed by atoms with Gasteiger partial charge >= 0.3 is 12.1 Å². The molecule has 0 aromatic heterocycles. The van der Waals surface area contributed by atoms with Crippen LogP contribution < -0.4 is 5.73 Å². The molecule has 18 heavy (non-hydrogen) atoms. The lowest BCUT2D eigenvalue weighted by Crippen LogP contribution is -2.62. The second kappa shape index (κ2) is 4.72. The molecular formula is C11H19FN2O4. The molecule has 0 aromatic rings. The minimum atomic E-state index is -2.47. The van der Waals surface area contributed by atoms with E-state index in [2.05, 4.69) is 0 Å². The predicted octanol–water partition coefficient (Wildman–Crippen LogP) is 0.747. The van der Waals surface area contributed by atoms with Gasteiger partial charge in [0.1, 0.15) is 5.60 Å². The van der Waals surface area contributed by atoms with Gasteiger partial charge in [-0.15, -0.1) is 0 Å². The topological polar surface area (TPSA) is 92.9 Å². The number of hydrogen-bond acceptors (Lipinski definition) is 4. The molecule has 0 saturated carbocycles. The molecule has 0 bridgehead atoms. The number of carboxylic acids is 1. The van der Waals surface area contributed by atoms with Gasteiger partial charge < -0.3 is 20.5 Å². The van der Waals surface area contributed by atoms with E-state index < -0.39 is 29.4 Å². The molecule has 1 amide bonds. The Hall–Kier alpha value is -1.37. The zero-order valence-corrected chi connectivity index (χ0v) is 10.8. The van der Waals surface area contributed by atoms with Crippen LogP contribution in [0, 0.1) is 0 Å². The summed E-state index contributed by atoms with van der Waals surface area (Å²) >= 11 is 0. The van der Waals surface area contributed by atoms with Crippen LogP contribution in [0.3, 0.4) is 0 Å². The Labute approximate surface area is 105 Å². The van der Waals surface area contributed by atoms with Crippen molar-refractivity contribution in [2.45, 2.75) is 44.5 Å². The third kappa shape index (κ3) is 3.10. The molecule has 2 unspecified atom stereocenters. The fraction of sp³-hybridized carbons (Fsp3) is 0.818. The molecule has 0 spiro atoms. The molecule has 7 heteroatoms. The summed E-state index contributed by atoms with van der Waals surface area (Å²) in [5.41, 5.74) is 2.37. The van der Waals surface area contributed by atoms with Crippen LogP contribution in [0.2, 0.25) is 0 Å². The van der Waals surface area contributed by atoms with E-state index in [-0.39, 0.29) is 19.5 Å². The van der Waals surface area contributed by atoms with Crippen LogP contribution in [-0.4, -0.2) is 52.5 Å². The van der Waals surface area contributed by atoms with E-state index in [1.807, 2.05) is 0 Å². The van der Waals surface area contributed by atoms with Crippen molar-refractivity contribution < 1.29 is 23.8 Å². The van der Waals surface area contributed by atoms with Crippen molar-refractivity contribution in [2.24, 2.45) is 5.73 Å². The largest absolute Gasteiger partial charge is 0.479 e. The van der Waals surface area contributed by atoms with Crippen molar-refractivity contribution in [3.8, 4) is 0 Å². The van der Waals surface area contributed by atoms with E-state index in [0.29, 0.717) is 0 Å². The van der Waals surface area contributed by atoms with Crippen LogP contribution >= 0.6 is 0 Å². The number of nitrogens with two attached hydrogens (primary N) is 1.